The quantitative estimate of drug-likeness (QED) is 0.465. The number of rotatable bonds is 5. The first-order valence-electron chi connectivity index (χ1n) is 7.88. The van der Waals surface area contributed by atoms with Crippen molar-refractivity contribution in [1.29, 1.82) is 0 Å². The van der Waals surface area contributed by atoms with Crippen molar-refractivity contribution in [3.05, 3.63) is 76.3 Å². The molecule has 7 heteroatoms. The van der Waals surface area contributed by atoms with Gasteiger partial charge in [0.1, 0.15) is 17.2 Å². The number of amides is 1. The van der Waals surface area contributed by atoms with Crippen LogP contribution in [0, 0.1) is 0 Å². The van der Waals surface area contributed by atoms with Crippen molar-refractivity contribution < 1.29 is 14.6 Å². The van der Waals surface area contributed by atoms with Crippen LogP contribution in [0.15, 0.2) is 65.6 Å². The monoisotopic (exact) mass is 419 g/mol. The highest BCUT2D eigenvalue weighted by Crippen LogP contribution is 2.33. The second kappa shape index (κ2) is 8.57. The zero-order chi connectivity index (χ0) is 19.4. The smallest absolute Gasteiger partial charge is 0.260 e. The summed E-state index contributed by atoms with van der Waals surface area (Å²) in [7, 11) is 0. The minimum atomic E-state index is -0.417. The third-order valence-corrected chi connectivity index (χ3v) is 5.01. The predicted octanol–water partition coefficient (Wildman–Crippen LogP) is 6.47. The lowest BCUT2D eigenvalue weighted by Crippen LogP contribution is -2.13. The van der Waals surface area contributed by atoms with E-state index in [0.29, 0.717) is 32.1 Å². The molecule has 2 N–H and O–H groups in total. The van der Waals surface area contributed by atoms with Gasteiger partial charge in [0.25, 0.3) is 5.91 Å². The molecule has 0 fully saturated rings. The number of aromatic hydroxyl groups is 1. The normalized spacial score (nSPS) is 10.5. The van der Waals surface area contributed by atoms with Crippen LogP contribution in [0.25, 0.3) is 0 Å². The first-order valence-corrected chi connectivity index (χ1v) is 9.86. The van der Waals surface area contributed by atoms with Gasteiger partial charge in [0.15, 0.2) is 0 Å². The Morgan fingerprint density at radius 2 is 1.81 bits per heavy atom. The Morgan fingerprint density at radius 1 is 1.07 bits per heavy atom. The van der Waals surface area contributed by atoms with Gasteiger partial charge in [-0.1, -0.05) is 29.3 Å². The van der Waals surface area contributed by atoms with Crippen LogP contribution >= 0.6 is 35.0 Å². The Hall–Kier alpha value is -2.34. The Bertz CT molecular complexity index is 977. The Labute approximate surface area is 171 Å². The maximum Gasteiger partial charge on any atom is 0.260 e. The van der Waals surface area contributed by atoms with E-state index in [0.717, 1.165) is 0 Å². The van der Waals surface area contributed by atoms with E-state index in [2.05, 4.69) is 5.32 Å². The lowest BCUT2D eigenvalue weighted by molar-refractivity contribution is 0.102. The molecule has 0 heterocycles. The fourth-order valence-electron chi connectivity index (χ4n) is 2.40. The maximum absolute atomic E-state index is 12.6. The molecule has 0 aliphatic heterocycles. The van der Waals surface area contributed by atoms with E-state index < -0.39 is 5.91 Å². The Morgan fingerprint density at radius 3 is 2.48 bits per heavy atom. The van der Waals surface area contributed by atoms with Gasteiger partial charge >= 0.3 is 0 Å². The topological polar surface area (TPSA) is 58.6 Å². The Kier molecular flexibility index (Phi) is 6.16. The number of hydrogen-bond donors (Lipinski definition) is 2. The molecule has 0 aliphatic carbocycles. The number of phenolic OH excluding ortho intramolecular Hbond substituents is 1. The molecule has 3 rings (SSSR count). The van der Waals surface area contributed by atoms with Crippen LogP contribution in [-0.2, 0) is 0 Å². The van der Waals surface area contributed by atoms with Crippen LogP contribution in [0.2, 0.25) is 10.0 Å². The zero-order valence-electron chi connectivity index (χ0n) is 14.2. The van der Waals surface area contributed by atoms with Crippen LogP contribution < -0.4 is 10.1 Å². The van der Waals surface area contributed by atoms with E-state index in [4.69, 9.17) is 27.9 Å². The molecule has 0 bridgehead atoms. The molecule has 0 atom stereocenters. The van der Waals surface area contributed by atoms with Gasteiger partial charge < -0.3 is 15.2 Å². The van der Waals surface area contributed by atoms with Crippen molar-refractivity contribution in [3.63, 3.8) is 0 Å². The summed E-state index contributed by atoms with van der Waals surface area (Å²) in [5.41, 5.74) is 0.714. The van der Waals surface area contributed by atoms with Crippen LogP contribution in [0.5, 0.6) is 17.2 Å². The summed E-state index contributed by atoms with van der Waals surface area (Å²) >= 11 is 13.5. The van der Waals surface area contributed by atoms with Crippen LogP contribution in [0.4, 0.5) is 5.69 Å². The molecule has 3 aromatic rings. The van der Waals surface area contributed by atoms with Crippen LogP contribution in [0.1, 0.15) is 10.4 Å². The second-order valence-electron chi connectivity index (χ2n) is 5.51. The first kappa shape index (κ1) is 19.4. The van der Waals surface area contributed by atoms with Gasteiger partial charge in [-0.25, -0.2) is 0 Å². The average molecular weight is 420 g/mol. The number of benzene rings is 3. The summed E-state index contributed by atoms with van der Waals surface area (Å²) < 4.78 is 5.72. The lowest BCUT2D eigenvalue weighted by Gasteiger charge is -2.12. The number of anilines is 1. The summed E-state index contributed by atoms with van der Waals surface area (Å²) in [6, 6.07) is 16.8. The number of carbonyl (C=O) groups is 1. The largest absolute Gasteiger partial charge is 0.507 e. The first-order chi connectivity index (χ1) is 13.0. The van der Waals surface area contributed by atoms with E-state index in [1.807, 2.05) is 6.26 Å². The molecule has 0 aliphatic rings. The van der Waals surface area contributed by atoms with Gasteiger partial charge in [-0.15, -0.1) is 11.8 Å². The molecule has 0 saturated heterocycles. The predicted molar refractivity (Wildman–Crippen MR) is 111 cm³/mol. The number of thioether (sulfide) groups is 1. The summed E-state index contributed by atoms with van der Waals surface area (Å²) in [5.74, 6) is 0.550. The molecule has 27 heavy (non-hydrogen) atoms. The molecule has 0 unspecified atom stereocenters. The van der Waals surface area contributed by atoms with E-state index >= 15 is 0 Å². The average Bonchev–Trinajstić information content (AvgIpc) is 2.65. The van der Waals surface area contributed by atoms with Gasteiger partial charge in [0.05, 0.1) is 10.6 Å². The molecule has 0 saturated carbocycles. The van der Waals surface area contributed by atoms with Crippen LogP contribution in [0.3, 0.4) is 0 Å². The standard InChI is InChI=1S/C20H15Cl2NO3S/c1-27-18-4-2-3-16(24)19(18)20(25)23-13-7-10-17(15(22)11-13)26-14-8-5-12(21)6-9-14/h2-11,24H,1H3,(H,23,25). The number of phenols is 1. The molecule has 138 valence electrons. The fourth-order valence-corrected chi connectivity index (χ4v) is 3.36. The van der Waals surface area contributed by atoms with Gasteiger partial charge in [-0.2, -0.15) is 0 Å². The van der Waals surface area contributed by atoms with E-state index in [9.17, 15) is 9.90 Å². The highest BCUT2D eigenvalue weighted by Gasteiger charge is 2.16. The van der Waals surface area contributed by atoms with Crippen molar-refractivity contribution in [3.8, 4) is 17.2 Å². The highest BCUT2D eigenvalue weighted by molar-refractivity contribution is 7.98. The van der Waals surface area contributed by atoms with Crippen molar-refractivity contribution in [2.45, 2.75) is 4.90 Å². The van der Waals surface area contributed by atoms with Gasteiger partial charge in [0.2, 0.25) is 0 Å². The summed E-state index contributed by atoms with van der Waals surface area (Å²) in [5, 5.41) is 13.7. The lowest BCUT2D eigenvalue weighted by atomic mass is 10.1. The SMILES string of the molecule is CSc1cccc(O)c1C(=O)Nc1ccc(Oc2ccc(Cl)cc2)c(Cl)c1. The molecule has 1 amide bonds. The molecule has 3 aromatic carbocycles. The number of nitrogens with one attached hydrogen (secondary N) is 1. The number of ether oxygens (including phenoxy) is 1. The van der Waals surface area contributed by atoms with E-state index in [1.165, 1.54) is 17.8 Å². The van der Waals surface area contributed by atoms with Gasteiger partial charge in [0, 0.05) is 15.6 Å². The van der Waals surface area contributed by atoms with Crippen molar-refractivity contribution in [2.24, 2.45) is 0 Å². The number of hydrogen-bond acceptors (Lipinski definition) is 4. The second-order valence-corrected chi connectivity index (χ2v) is 7.20. The summed E-state index contributed by atoms with van der Waals surface area (Å²) in [4.78, 5) is 13.2. The maximum atomic E-state index is 12.6. The molecule has 0 aromatic heterocycles. The van der Waals surface area contributed by atoms with Crippen molar-refractivity contribution >= 4 is 46.6 Å². The molecule has 0 spiro atoms. The van der Waals surface area contributed by atoms with Gasteiger partial charge in [-0.3, -0.25) is 4.79 Å². The molecule has 0 radical (unpaired) electrons. The molecular weight excluding hydrogens is 405 g/mol. The summed E-state index contributed by atoms with van der Waals surface area (Å²) in [6.07, 6.45) is 1.84. The van der Waals surface area contributed by atoms with Crippen molar-refractivity contribution in [1.82, 2.24) is 0 Å². The minimum absolute atomic E-state index is 0.0758. The van der Waals surface area contributed by atoms with E-state index in [-0.39, 0.29) is 11.3 Å². The highest BCUT2D eigenvalue weighted by atomic mass is 35.5. The van der Waals surface area contributed by atoms with Crippen LogP contribution in [-0.4, -0.2) is 17.3 Å². The summed E-state index contributed by atoms with van der Waals surface area (Å²) in [6.45, 7) is 0. The fraction of sp³-hybridized carbons (Fsp3) is 0.0500. The number of halogens is 2. The third kappa shape index (κ3) is 4.69. The van der Waals surface area contributed by atoms with Crippen molar-refractivity contribution in [2.75, 3.05) is 11.6 Å². The van der Waals surface area contributed by atoms with Gasteiger partial charge in [-0.05, 0) is 60.9 Å². The number of carbonyl (C=O) groups excluding carboxylic acids is 1. The molecular formula is C20H15Cl2NO3S. The van der Waals surface area contributed by atoms with E-state index in [1.54, 1.807) is 54.6 Å². The minimum Gasteiger partial charge on any atom is -0.507 e. The zero-order valence-corrected chi connectivity index (χ0v) is 16.5. The Balaban J connectivity index is 1.78. The third-order valence-electron chi connectivity index (χ3n) is 3.68. The molecule has 4 nitrogen and oxygen atoms in total.